The third-order valence-corrected chi connectivity index (χ3v) is 7.37. The van der Waals surface area contributed by atoms with Crippen LogP contribution in [0.1, 0.15) is 58.2 Å². The van der Waals surface area contributed by atoms with Gasteiger partial charge in [0.2, 0.25) is 10.0 Å². The maximum Gasteiger partial charge on any atom is 0.246 e. The second-order valence-electron chi connectivity index (χ2n) is 8.48. The van der Waals surface area contributed by atoms with E-state index in [4.69, 9.17) is 10.2 Å². The Balaban J connectivity index is 1.88. The molecule has 1 aromatic heterocycles. The van der Waals surface area contributed by atoms with E-state index in [1.54, 1.807) is 10.5 Å². The lowest BCUT2D eigenvalue weighted by molar-refractivity contribution is 0.151. The highest BCUT2D eigenvalue weighted by Gasteiger charge is 2.36. The molecule has 2 aliphatic rings. The van der Waals surface area contributed by atoms with Crippen LogP contribution >= 0.6 is 0 Å². The van der Waals surface area contributed by atoms with Gasteiger partial charge in [-0.25, -0.2) is 8.42 Å². The number of nitrogens with zero attached hydrogens (tertiary/aromatic N) is 4. The van der Waals surface area contributed by atoms with Crippen LogP contribution in [0.4, 0.5) is 0 Å². The minimum Gasteiger partial charge on any atom is -0.395 e. The SMILES string of the molecule is CC(C)(C)c1nn(C2CCCC2)cc1S(=O)(=O)N1CCN(CCO)CC1. The first-order valence-electron chi connectivity index (χ1n) is 9.66. The van der Waals surface area contributed by atoms with Crippen LogP contribution in [-0.4, -0.2) is 71.8 Å². The van der Waals surface area contributed by atoms with Gasteiger partial charge in [0, 0.05) is 44.3 Å². The molecular weight excluding hydrogens is 352 g/mol. The van der Waals surface area contributed by atoms with Crippen molar-refractivity contribution in [3.05, 3.63) is 11.9 Å². The van der Waals surface area contributed by atoms with Crippen molar-refractivity contribution in [1.82, 2.24) is 19.0 Å². The van der Waals surface area contributed by atoms with Crippen molar-refractivity contribution in [3.63, 3.8) is 0 Å². The first kappa shape index (κ1) is 19.8. The minimum absolute atomic E-state index is 0.106. The molecule has 7 nitrogen and oxygen atoms in total. The molecule has 0 unspecified atom stereocenters. The van der Waals surface area contributed by atoms with Gasteiger partial charge in [0.25, 0.3) is 0 Å². The average Bonchev–Trinajstić information content (AvgIpc) is 3.25. The van der Waals surface area contributed by atoms with Crippen molar-refractivity contribution in [3.8, 4) is 0 Å². The molecule has 2 heterocycles. The van der Waals surface area contributed by atoms with Crippen LogP contribution in [0.2, 0.25) is 0 Å². The van der Waals surface area contributed by atoms with Crippen LogP contribution in [0.15, 0.2) is 11.1 Å². The molecule has 0 amide bonds. The van der Waals surface area contributed by atoms with Crippen molar-refractivity contribution in [2.24, 2.45) is 0 Å². The molecule has 0 aromatic carbocycles. The topological polar surface area (TPSA) is 78.7 Å². The van der Waals surface area contributed by atoms with Gasteiger partial charge < -0.3 is 5.11 Å². The van der Waals surface area contributed by atoms with E-state index >= 15 is 0 Å². The van der Waals surface area contributed by atoms with Gasteiger partial charge in [0.1, 0.15) is 4.90 Å². The Morgan fingerprint density at radius 1 is 1.15 bits per heavy atom. The lowest BCUT2D eigenvalue weighted by atomic mass is 9.92. The number of β-amino-alcohol motifs (C(OH)–C–C–N with tert-alkyl or cyclic N) is 1. The first-order valence-corrected chi connectivity index (χ1v) is 11.1. The molecular formula is C18H32N4O3S. The molecule has 0 bridgehead atoms. The summed E-state index contributed by atoms with van der Waals surface area (Å²) in [6, 6.07) is 0.321. The molecule has 148 valence electrons. The summed E-state index contributed by atoms with van der Waals surface area (Å²) in [4.78, 5) is 2.46. The van der Waals surface area contributed by atoms with Crippen LogP contribution in [0.25, 0.3) is 0 Å². The van der Waals surface area contributed by atoms with Crippen molar-refractivity contribution in [2.45, 2.75) is 62.8 Å². The fourth-order valence-corrected chi connectivity index (χ4v) is 5.67. The number of hydrogen-bond donors (Lipinski definition) is 1. The lowest BCUT2D eigenvalue weighted by Crippen LogP contribution is -2.49. The maximum atomic E-state index is 13.4. The Bertz CT molecular complexity index is 709. The Hall–Kier alpha value is -0.960. The van der Waals surface area contributed by atoms with Gasteiger partial charge in [-0.1, -0.05) is 33.6 Å². The second-order valence-corrected chi connectivity index (χ2v) is 10.4. The van der Waals surface area contributed by atoms with Gasteiger partial charge in [-0.15, -0.1) is 0 Å². The zero-order valence-electron chi connectivity index (χ0n) is 16.2. The van der Waals surface area contributed by atoms with E-state index in [0.717, 1.165) is 12.8 Å². The average molecular weight is 385 g/mol. The monoisotopic (exact) mass is 384 g/mol. The molecule has 26 heavy (non-hydrogen) atoms. The molecule has 0 radical (unpaired) electrons. The van der Waals surface area contributed by atoms with Crippen LogP contribution in [-0.2, 0) is 15.4 Å². The van der Waals surface area contributed by atoms with Crippen molar-refractivity contribution >= 4 is 10.0 Å². The van der Waals surface area contributed by atoms with Gasteiger partial charge in [-0.2, -0.15) is 9.40 Å². The zero-order valence-corrected chi connectivity index (χ0v) is 17.0. The minimum atomic E-state index is -3.56. The highest BCUT2D eigenvalue weighted by atomic mass is 32.2. The molecule has 1 N–H and O–H groups in total. The van der Waals surface area contributed by atoms with E-state index in [1.807, 2.05) is 25.5 Å². The zero-order chi connectivity index (χ0) is 18.9. The third-order valence-electron chi connectivity index (χ3n) is 5.47. The number of aliphatic hydroxyl groups excluding tert-OH is 1. The van der Waals surface area contributed by atoms with Gasteiger partial charge in [-0.3, -0.25) is 9.58 Å². The normalized spacial score (nSPS) is 21.5. The standard InChI is InChI=1S/C18H32N4O3S/c1-18(2,3)17-16(14-22(19-17)15-6-4-5-7-15)26(24,25)21-10-8-20(9-11-21)12-13-23/h14-15,23H,4-13H2,1-3H3. The molecule has 3 rings (SSSR count). The number of aliphatic hydroxyl groups is 1. The summed E-state index contributed by atoms with van der Waals surface area (Å²) in [5.74, 6) is 0. The highest BCUT2D eigenvalue weighted by molar-refractivity contribution is 7.89. The molecule has 1 saturated carbocycles. The maximum absolute atomic E-state index is 13.4. The van der Waals surface area contributed by atoms with E-state index in [-0.39, 0.29) is 12.0 Å². The first-order chi connectivity index (χ1) is 12.2. The largest absolute Gasteiger partial charge is 0.395 e. The smallest absolute Gasteiger partial charge is 0.246 e. The summed E-state index contributed by atoms with van der Waals surface area (Å²) in [6.45, 7) is 8.99. The van der Waals surface area contributed by atoms with Crippen molar-refractivity contribution < 1.29 is 13.5 Å². The predicted molar refractivity (Wildman–Crippen MR) is 101 cm³/mol. The fourth-order valence-electron chi connectivity index (χ4n) is 3.91. The molecule has 1 aromatic rings. The Morgan fingerprint density at radius 3 is 2.31 bits per heavy atom. The summed E-state index contributed by atoms with van der Waals surface area (Å²) >= 11 is 0. The number of rotatable bonds is 5. The molecule has 1 aliphatic heterocycles. The van der Waals surface area contributed by atoms with Crippen molar-refractivity contribution in [1.29, 1.82) is 0 Å². The summed E-state index contributed by atoms with van der Waals surface area (Å²) in [5.41, 5.74) is 0.340. The molecule has 1 aliphatic carbocycles. The summed E-state index contributed by atoms with van der Waals surface area (Å²) < 4.78 is 30.2. The molecule has 0 spiro atoms. The summed E-state index contributed by atoms with van der Waals surface area (Å²) in [5, 5.41) is 13.8. The van der Waals surface area contributed by atoms with E-state index in [0.29, 0.717) is 49.4 Å². The van der Waals surface area contributed by atoms with Gasteiger partial charge in [-0.05, 0) is 12.8 Å². The van der Waals surface area contributed by atoms with Gasteiger partial charge in [0.05, 0.1) is 18.3 Å². The quantitative estimate of drug-likeness (QED) is 0.834. The summed E-state index contributed by atoms with van der Waals surface area (Å²) in [6.07, 6.45) is 6.29. The van der Waals surface area contributed by atoms with E-state index < -0.39 is 10.0 Å². The third kappa shape index (κ3) is 3.98. The van der Waals surface area contributed by atoms with E-state index in [9.17, 15) is 8.42 Å². The predicted octanol–water partition coefficient (Wildman–Crippen LogP) is 1.59. The number of aromatic nitrogens is 2. The van der Waals surface area contributed by atoms with Gasteiger partial charge >= 0.3 is 0 Å². The van der Waals surface area contributed by atoms with Crippen LogP contribution < -0.4 is 0 Å². The van der Waals surface area contributed by atoms with Gasteiger partial charge in [0.15, 0.2) is 0 Å². The van der Waals surface area contributed by atoms with Crippen molar-refractivity contribution in [2.75, 3.05) is 39.3 Å². The molecule has 2 fully saturated rings. The molecule has 8 heteroatoms. The lowest BCUT2D eigenvalue weighted by Gasteiger charge is -2.33. The van der Waals surface area contributed by atoms with E-state index in [1.165, 1.54) is 12.8 Å². The Morgan fingerprint density at radius 2 is 1.77 bits per heavy atom. The highest BCUT2D eigenvalue weighted by Crippen LogP contribution is 2.34. The van der Waals surface area contributed by atoms with E-state index in [2.05, 4.69) is 4.90 Å². The summed E-state index contributed by atoms with van der Waals surface area (Å²) in [7, 11) is -3.56. The second kappa shape index (κ2) is 7.58. The number of hydrogen-bond acceptors (Lipinski definition) is 5. The Kier molecular flexibility index (Phi) is 5.77. The fraction of sp³-hybridized carbons (Fsp3) is 0.833. The molecule has 0 atom stereocenters. The van der Waals surface area contributed by atoms with Crippen LogP contribution in [0, 0.1) is 0 Å². The number of sulfonamides is 1. The Labute approximate surface area is 157 Å². The van der Waals surface area contributed by atoms with Crippen LogP contribution in [0.5, 0.6) is 0 Å². The van der Waals surface area contributed by atoms with Crippen LogP contribution in [0.3, 0.4) is 0 Å². The number of piperazine rings is 1. The molecule has 1 saturated heterocycles.